The van der Waals surface area contributed by atoms with Crippen LogP contribution in [0.5, 0.6) is 11.5 Å². The van der Waals surface area contributed by atoms with Crippen LogP contribution in [0.2, 0.25) is 0 Å². The number of hydrogen-bond donors (Lipinski definition) is 1. The molecule has 0 bridgehead atoms. The highest BCUT2D eigenvalue weighted by Crippen LogP contribution is 2.43. The second-order valence-electron chi connectivity index (χ2n) is 2.69. The van der Waals surface area contributed by atoms with Crippen molar-refractivity contribution in [1.82, 2.24) is 20.6 Å². The maximum atomic E-state index is 5.48. The Kier molecular flexibility index (Phi) is 1.63. The minimum atomic E-state index is 0.543. The van der Waals surface area contributed by atoms with Crippen molar-refractivity contribution in [3.05, 3.63) is 5.38 Å². The quantitative estimate of drug-likeness (QED) is 0.750. The van der Waals surface area contributed by atoms with Gasteiger partial charge < -0.3 is 9.47 Å². The van der Waals surface area contributed by atoms with Crippen LogP contribution < -0.4 is 9.47 Å². The summed E-state index contributed by atoms with van der Waals surface area (Å²) in [7, 11) is 0. The van der Waals surface area contributed by atoms with Crippen LogP contribution in [0.15, 0.2) is 5.38 Å². The molecule has 14 heavy (non-hydrogen) atoms. The van der Waals surface area contributed by atoms with Gasteiger partial charge in [-0.05, 0) is 5.21 Å². The third kappa shape index (κ3) is 1.06. The van der Waals surface area contributed by atoms with Crippen LogP contribution in [0.4, 0.5) is 0 Å². The number of hydrogen-bond acceptors (Lipinski definition) is 6. The van der Waals surface area contributed by atoms with Gasteiger partial charge in [0.25, 0.3) is 0 Å². The molecular weight excluding hydrogens is 204 g/mol. The summed E-state index contributed by atoms with van der Waals surface area (Å²) in [5.41, 5.74) is 0. The number of fused-ring (bicyclic) bond motifs is 1. The zero-order chi connectivity index (χ0) is 9.38. The molecule has 6 nitrogen and oxygen atoms in total. The minimum Gasteiger partial charge on any atom is -0.485 e. The van der Waals surface area contributed by atoms with Gasteiger partial charge in [0.15, 0.2) is 11.5 Å². The lowest BCUT2D eigenvalue weighted by Crippen LogP contribution is -2.14. The van der Waals surface area contributed by atoms with Crippen molar-refractivity contribution in [2.75, 3.05) is 13.2 Å². The molecule has 2 aromatic heterocycles. The van der Waals surface area contributed by atoms with Crippen LogP contribution in [-0.4, -0.2) is 33.8 Å². The summed E-state index contributed by atoms with van der Waals surface area (Å²) in [4.78, 5) is 0.855. The molecule has 0 spiro atoms. The van der Waals surface area contributed by atoms with E-state index < -0.39 is 0 Å². The molecule has 1 N–H and O–H groups in total. The molecule has 1 aliphatic heterocycles. The number of aromatic amines is 1. The first-order valence-electron chi connectivity index (χ1n) is 4.06. The van der Waals surface area contributed by atoms with Crippen molar-refractivity contribution in [2.24, 2.45) is 0 Å². The number of rotatable bonds is 1. The van der Waals surface area contributed by atoms with E-state index in [-0.39, 0.29) is 0 Å². The van der Waals surface area contributed by atoms with Gasteiger partial charge in [0.05, 0.1) is 0 Å². The van der Waals surface area contributed by atoms with Crippen molar-refractivity contribution in [3.8, 4) is 22.2 Å². The Morgan fingerprint density at radius 3 is 3.14 bits per heavy atom. The first-order chi connectivity index (χ1) is 6.95. The Morgan fingerprint density at radius 1 is 1.36 bits per heavy atom. The lowest BCUT2D eigenvalue weighted by atomic mass is 10.4. The molecule has 0 unspecified atom stereocenters. The maximum absolute atomic E-state index is 5.48. The summed E-state index contributed by atoms with van der Waals surface area (Å²) in [5.74, 6) is 2.03. The Labute approximate surface area is 82.9 Å². The van der Waals surface area contributed by atoms with E-state index in [4.69, 9.17) is 9.47 Å². The summed E-state index contributed by atoms with van der Waals surface area (Å²) in [6.07, 6.45) is 0. The normalized spacial score (nSPS) is 14.3. The maximum Gasteiger partial charge on any atom is 0.218 e. The van der Waals surface area contributed by atoms with Crippen molar-refractivity contribution < 1.29 is 9.47 Å². The second kappa shape index (κ2) is 2.95. The summed E-state index contributed by atoms with van der Waals surface area (Å²) in [6, 6.07) is 0. The monoisotopic (exact) mass is 210 g/mol. The number of H-pyrrole nitrogens is 1. The van der Waals surface area contributed by atoms with E-state index in [9.17, 15) is 0 Å². The zero-order valence-corrected chi connectivity index (χ0v) is 7.87. The van der Waals surface area contributed by atoms with Gasteiger partial charge >= 0.3 is 0 Å². The SMILES string of the molecule is c1sc(-c2nn[nH]n2)c2c1OCCO2. The highest BCUT2D eigenvalue weighted by atomic mass is 32.1. The van der Waals surface area contributed by atoms with Crippen LogP contribution in [-0.2, 0) is 0 Å². The van der Waals surface area contributed by atoms with E-state index in [0.717, 1.165) is 16.4 Å². The topological polar surface area (TPSA) is 72.9 Å². The smallest absolute Gasteiger partial charge is 0.218 e. The average Bonchev–Trinajstić information content (AvgIpc) is 2.85. The van der Waals surface area contributed by atoms with Crippen LogP contribution in [0.3, 0.4) is 0 Å². The lowest BCUT2D eigenvalue weighted by molar-refractivity contribution is 0.174. The number of aromatic nitrogens is 4. The van der Waals surface area contributed by atoms with Crippen LogP contribution in [0.25, 0.3) is 10.7 Å². The van der Waals surface area contributed by atoms with Gasteiger partial charge in [-0.15, -0.1) is 21.5 Å². The standard InChI is InChI=1S/C7H6N4O2S/c1-2-13-5-4(12-1)3-14-6(5)7-8-10-11-9-7/h3H,1-2H2,(H,8,9,10,11). The van der Waals surface area contributed by atoms with E-state index in [2.05, 4.69) is 20.6 Å². The first kappa shape index (κ1) is 7.74. The third-order valence-electron chi connectivity index (χ3n) is 1.85. The molecule has 7 heteroatoms. The van der Waals surface area contributed by atoms with Crippen LogP contribution in [0.1, 0.15) is 0 Å². The summed E-state index contributed by atoms with van der Waals surface area (Å²) >= 11 is 1.49. The van der Waals surface area contributed by atoms with Crippen molar-refractivity contribution in [1.29, 1.82) is 0 Å². The molecule has 1 aliphatic rings. The zero-order valence-electron chi connectivity index (χ0n) is 7.06. The molecule has 0 saturated heterocycles. The fraction of sp³-hybridized carbons (Fsp3) is 0.286. The molecule has 3 rings (SSSR count). The van der Waals surface area contributed by atoms with E-state index in [1.165, 1.54) is 11.3 Å². The molecule has 0 saturated carbocycles. The fourth-order valence-electron chi connectivity index (χ4n) is 1.28. The predicted octanol–water partition coefficient (Wildman–Crippen LogP) is 0.699. The molecule has 2 aromatic rings. The molecule has 0 aromatic carbocycles. The Morgan fingerprint density at radius 2 is 2.29 bits per heavy atom. The van der Waals surface area contributed by atoms with Gasteiger partial charge in [0, 0.05) is 5.38 Å². The fourth-order valence-corrected chi connectivity index (χ4v) is 2.13. The first-order valence-corrected chi connectivity index (χ1v) is 4.94. The molecular formula is C7H6N4O2S. The third-order valence-corrected chi connectivity index (χ3v) is 2.79. The number of tetrazole rings is 1. The molecule has 0 amide bonds. The van der Waals surface area contributed by atoms with Crippen LogP contribution in [0, 0.1) is 0 Å². The lowest BCUT2D eigenvalue weighted by Gasteiger charge is -2.14. The van der Waals surface area contributed by atoms with Gasteiger partial charge in [-0.2, -0.15) is 5.21 Å². The summed E-state index contributed by atoms with van der Waals surface area (Å²) in [6.45, 7) is 1.16. The van der Waals surface area contributed by atoms with E-state index in [1.807, 2.05) is 5.38 Å². The Bertz CT molecular complexity index is 438. The Hall–Kier alpha value is -1.63. The van der Waals surface area contributed by atoms with Crippen molar-refractivity contribution in [3.63, 3.8) is 0 Å². The number of thiophene rings is 1. The van der Waals surface area contributed by atoms with Gasteiger partial charge in [-0.3, -0.25) is 0 Å². The summed E-state index contributed by atoms with van der Waals surface area (Å²) in [5, 5.41) is 15.6. The molecule has 0 radical (unpaired) electrons. The van der Waals surface area contributed by atoms with Gasteiger partial charge in [0.2, 0.25) is 5.82 Å². The van der Waals surface area contributed by atoms with E-state index in [1.54, 1.807) is 0 Å². The molecule has 72 valence electrons. The molecule has 0 aliphatic carbocycles. The molecule has 0 fully saturated rings. The summed E-state index contributed by atoms with van der Waals surface area (Å²) < 4.78 is 10.9. The number of ether oxygens (including phenoxy) is 2. The highest BCUT2D eigenvalue weighted by molar-refractivity contribution is 7.14. The average molecular weight is 210 g/mol. The van der Waals surface area contributed by atoms with Gasteiger partial charge in [-0.1, -0.05) is 0 Å². The largest absolute Gasteiger partial charge is 0.485 e. The van der Waals surface area contributed by atoms with E-state index >= 15 is 0 Å². The van der Waals surface area contributed by atoms with Crippen LogP contribution >= 0.6 is 11.3 Å². The van der Waals surface area contributed by atoms with Crippen molar-refractivity contribution >= 4 is 11.3 Å². The van der Waals surface area contributed by atoms with Gasteiger partial charge in [-0.25, -0.2) is 0 Å². The molecule has 3 heterocycles. The molecule has 0 atom stereocenters. The predicted molar refractivity (Wildman–Crippen MR) is 48.5 cm³/mol. The highest BCUT2D eigenvalue weighted by Gasteiger charge is 2.21. The minimum absolute atomic E-state index is 0.543. The van der Waals surface area contributed by atoms with Gasteiger partial charge in [0.1, 0.15) is 18.1 Å². The van der Waals surface area contributed by atoms with Crippen molar-refractivity contribution in [2.45, 2.75) is 0 Å². The second-order valence-corrected chi connectivity index (χ2v) is 3.57. The number of nitrogens with zero attached hydrogens (tertiary/aromatic N) is 3. The van der Waals surface area contributed by atoms with E-state index in [0.29, 0.717) is 19.0 Å². The Balaban J connectivity index is 2.11. The number of nitrogens with one attached hydrogen (secondary N) is 1.